The highest BCUT2D eigenvalue weighted by molar-refractivity contribution is 8.19. The number of carbonyl (C=O) groups is 1. The minimum absolute atomic E-state index is 0.0958. The monoisotopic (exact) mass is 462 g/mol. The van der Waals surface area contributed by atoms with Crippen LogP contribution in [-0.4, -0.2) is 11.1 Å². The Balaban J connectivity index is 1.43. The highest BCUT2D eigenvalue weighted by atomic mass is 32.2. The molecule has 166 valence electrons. The normalized spacial score (nSPS) is 15.8. The van der Waals surface area contributed by atoms with Crippen LogP contribution in [0.1, 0.15) is 11.1 Å². The Morgan fingerprint density at radius 3 is 2.21 bits per heavy atom. The lowest BCUT2D eigenvalue weighted by Gasteiger charge is -2.15. The van der Waals surface area contributed by atoms with Crippen LogP contribution in [0.4, 0.5) is 11.4 Å². The topological polar surface area (TPSA) is 41.9 Å². The lowest BCUT2D eigenvalue weighted by molar-refractivity contribution is -0.113. The van der Waals surface area contributed by atoms with E-state index in [2.05, 4.69) is 0 Å². The minimum Gasteiger partial charge on any atom is -0.489 e. The minimum atomic E-state index is -0.0958. The first kappa shape index (κ1) is 21.7. The first-order valence-electron chi connectivity index (χ1n) is 11.0. The summed E-state index contributed by atoms with van der Waals surface area (Å²) in [5.74, 6) is 0.660. The largest absolute Gasteiger partial charge is 0.489 e. The predicted octanol–water partition coefficient (Wildman–Crippen LogP) is 7.07. The summed E-state index contributed by atoms with van der Waals surface area (Å²) in [6.07, 6.45) is 1.89. The van der Waals surface area contributed by atoms with Crippen molar-refractivity contribution in [3.8, 4) is 5.75 Å². The molecular formula is C29H22N2O2S. The number of para-hydroxylation sites is 2. The number of hydrogen-bond acceptors (Lipinski definition) is 4. The van der Waals surface area contributed by atoms with Crippen molar-refractivity contribution in [1.82, 2.24) is 0 Å². The Kier molecular flexibility index (Phi) is 6.54. The first-order valence-corrected chi connectivity index (χ1v) is 11.8. The van der Waals surface area contributed by atoms with Crippen molar-refractivity contribution >= 4 is 40.3 Å². The molecule has 34 heavy (non-hydrogen) atoms. The molecule has 5 rings (SSSR count). The van der Waals surface area contributed by atoms with Gasteiger partial charge >= 0.3 is 0 Å². The highest BCUT2D eigenvalue weighted by Gasteiger charge is 2.34. The van der Waals surface area contributed by atoms with Crippen LogP contribution in [0, 0.1) is 0 Å². The number of hydrogen-bond donors (Lipinski definition) is 0. The highest BCUT2D eigenvalue weighted by Crippen LogP contribution is 2.37. The van der Waals surface area contributed by atoms with Gasteiger partial charge in [-0.05, 0) is 65.4 Å². The molecule has 0 saturated carbocycles. The average molecular weight is 463 g/mol. The van der Waals surface area contributed by atoms with Crippen LogP contribution in [0.3, 0.4) is 0 Å². The number of rotatable bonds is 6. The molecule has 0 N–H and O–H groups in total. The van der Waals surface area contributed by atoms with Crippen molar-refractivity contribution in [3.05, 3.63) is 131 Å². The van der Waals surface area contributed by atoms with E-state index in [9.17, 15) is 4.79 Å². The zero-order valence-electron chi connectivity index (χ0n) is 18.4. The Bertz CT molecular complexity index is 1340. The summed E-state index contributed by atoms with van der Waals surface area (Å²) in [5, 5.41) is 0.630. The van der Waals surface area contributed by atoms with E-state index in [1.54, 1.807) is 4.90 Å². The zero-order valence-corrected chi connectivity index (χ0v) is 19.2. The van der Waals surface area contributed by atoms with Gasteiger partial charge < -0.3 is 4.74 Å². The lowest BCUT2D eigenvalue weighted by Crippen LogP contribution is -2.28. The van der Waals surface area contributed by atoms with Gasteiger partial charge in [0.1, 0.15) is 12.4 Å². The molecule has 0 aliphatic carbocycles. The molecule has 0 spiro atoms. The Hall–Kier alpha value is -4.09. The maximum absolute atomic E-state index is 13.4. The summed E-state index contributed by atoms with van der Waals surface area (Å²) < 4.78 is 5.96. The fourth-order valence-corrected chi connectivity index (χ4v) is 4.55. The summed E-state index contributed by atoms with van der Waals surface area (Å²) in [4.78, 5) is 20.5. The average Bonchev–Trinajstić information content (AvgIpc) is 3.19. The Labute approximate surface area is 203 Å². The molecular weight excluding hydrogens is 440 g/mol. The summed E-state index contributed by atoms with van der Waals surface area (Å²) >= 11 is 1.37. The number of nitrogens with zero attached hydrogens (tertiary/aromatic N) is 2. The van der Waals surface area contributed by atoms with Gasteiger partial charge in [-0.15, -0.1) is 0 Å². The predicted molar refractivity (Wildman–Crippen MR) is 140 cm³/mol. The zero-order chi connectivity index (χ0) is 23.2. The van der Waals surface area contributed by atoms with E-state index in [1.807, 2.05) is 121 Å². The Morgan fingerprint density at radius 1 is 0.794 bits per heavy atom. The van der Waals surface area contributed by atoms with E-state index in [4.69, 9.17) is 9.73 Å². The molecule has 1 amide bonds. The summed E-state index contributed by atoms with van der Waals surface area (Å²) in [5.41, 5.74) is 3.60. The molecule has 4 nitrogen and oxygen atoms in total. The van der Waals surface area contributed by atoms with Crippen LogP contribution >= 0.6 is 11.8 Å². The van der Waals surface area contributed by atoms with Crippen LogP contribution in [0.5, 0.6) is 5.75 Å². The smallest absolute Gasteiger partial charge is 0.271 e. The molecule has 1 aliphatic rings. The van der Waals surface area contributed by atoms with Gasteiger partial charge in [-0.3, -0.25) is 9.69 Å². The third kappa shape index (κ3) is 5.11. The van der Waals surface area contributed by atoms with Gasteiger partial charge in [0.2, 0.25) is 0 Å². The van der Waals surface area contributed by atoms with E-state index >= 15 is 0 Å². The summed E-state index contributed by atoms with van der Waals surface area (Å²) in [6, 6.07) is 37.1. The van der Waals surface area contributed by atoms with Crippen molar-refractivity contribution in [2.45, 2.75) is 6.61 Å². The molecule has 1 fully saturated rings. The lowest BCUT2D eigenvalue weighted by atomic mass is 10.2. The molecule has 4 aromatic rings. The first-order chi connectivity index (χ1) is 16.8. The van der Waals surface area contributed by atoms with Crippen molar-refractivity contribution in [3.63, 3.8) is 0 Å². The second kappa shape index (κ2) is 10.2. The summed E-state index contributed by atoms with van der Waals surface area (Å²) in [6.45, 7) is 0.490. The molecule has 0 aromatic heterocycles. The second-order valence-electron chi connectivity index (χ2n) is 7.66. The molecule has 1 aliphatic heterocycles. The molecule has 5 heteroatoms. The van der Waals surface area contributed by atoms with Gasteiger partial charge in [-0.1, -0.05) is 78.9 Å². The summed E-state index contributed by atoms with van der Waals surface area (Å²) in [7, 11) is 0. The van der Waals surface area contributed by atoms with Crippen LogP contribution in [0.25, 0.3) is 6.08 Å². The van der Waals surface area contributed by atoms with Crippen LogP contribution in [0.2, 0.25) is 0 Å². The quantitative estimate of drug-likeness (QED) is 0.288. The molecule has 1 saturated heterocycles. The van der Waals surface area contributed by atoms with Crippen molar-refractivity contribution in [2.75, 3.05) is 4.90 Å². The van der Waals surface area contributed by atoms with Gasteiger partial charge in [0, 0.05) is 0 Å². The molecule has 0 unspecified atom stereocenters. The molecule has 4 aromatic carbocycles. The van der Waals surface area contributed by atoms with E-state index in [-0.39, 0.29) is 5.91 Å². The second-order valence-corrected chi connectivity index (χ2v) is 8.67. The number of ether oxygens (including phenoxy) is 1. The van der Waals surface area contributed by atoms with Crippen molar-refractivity contribution in [1.29, 1.82) is 0 Å². The van der Waals surface area contributed by atoms with E-state index in [1.165, 1.54) is 11.8 Å². The number of thioether (sulfide) groups is 1. The van der Waals surface area contributed by atoms with Crippen LogP contribution in [-0.2, 0) is 11.4 Å². The van der Waals surface area contributed by atoms with E-state index < -0.39 is 0 Å². The van der Waals surface area contributed by atoms with E-state index in [0.29, 0.717) is 16.7 Å². The Morgan fingerprint density at radius 2 is 1.47 bits per heavy atom. The standard InChI is InChI=1S/C29H22N2O2S/c32-28-27(20-23-13-10-18-26(19-23)33-21-22-11-4-1-5-12-22)34-29(30-24-14-6-2-7-15-24)31(28)25-16-8-3-9-17-25/h1-20H,21H2/b27-20-,30-29?. The number of amidine groups is 1. The number of aliphatic imine (C=N–C) groups is 1. The maximum Gasteiger partial charge on any atom is 0.271 e. The molecule has 0 bridgehead atoms. The van der Waals surface area contributed by atoms with Crippen LogP contribution < -0.4 is 9.64 Å². The molecule has 1 heterocycles. The van der Waals surface area contributed by atoms with Crippen molar-refractivity contribution < 1.29 is 9.53 Å². The SMILES string of the molecule is O=C1/C(=C/c2cccc(OCc3ccccc3)c2)SC(=Nc2ccccc2)N1c1ccccc1. The third-order valence-electron chi connectivity index (χ3n) is 5.21. The van der Waals surface area contributed by atoms with E-state index in [0.717, 1.165) is 28.3 Å². The van der Waals surface area contributed by atoms with Gasteiger partial charge in [0.15, 0.2) is 5.17 Å². The van der Waals surface area contributed by atoms with Gasteiger partial charge in [0.25, 0.3) is 5.91 Å². The van der Waals surface area contributed by atoms with Gasteiger partial charge in [-0.2, -0.15) is 0 Å². The number of benzene rings is 4. The number of carbonyl (C=O) groups excluding carboxylic acids is 1. The van der Waals surface area contributed by atoms with Crippen LogP contribution in [0.15, 0.2) is 125 Å². The maximum atomic E-state index is 13.4. The third-order valence-corrected chi connectivity index (χ3v) is 6.17. The fraction of sp³-hybridized carbons (Fsp3) is 0.0345. The molecule has 0 radical (unpaired) electrons. The van der Waals surface area contributed by atoms with Crippen molar-refractivity contribution in [2.24, 2.45) is 4.99 Å². The molecule has 0 atom stereocenters. The number of amides is 1. The van der Waals surface area contributed by atoms with Gasteiger partial charge in [-0.25, -0.2) is 4.99 Å². The number of anilines is 1. The fourth-order valence-electron chi connectivity index (χ4n) is 3.55. The van der Waals surface area contributed by atoms with Gasteiger partial charge in [0.05, 0.1) is 16.3 Å².